The third-order valence-electron chi connectivity index (χ3n) is 3.16. The molecule has 5 nitrogen and oxygen atoms in total. The van der Waals surface area contributed by atoms with Gasteiger partial charge in [0.2, 0.25) is 0 Å². The van der Waals surface area contributed by atoms with Crippen molar-refractivity contribution in [2.45, 2.75) is 32.5 Å². The van der Waals surface area contributed by atoms with E-state index >= 15 is 0 Å². The summed E-state index contributed by atoms with van der Waals surface area (Å²) in [6.07, 6.45) is 0. The van der Waals surface area contributed by atoms with Gasteiger partial charge in [-0.2, -0.15) is 0 Å². The van der Waals surface area contributed by atoms with Gasteiger partial charge in [-0.3, -0.25) is 4.90 Å². The number of thiazole rings is 1. The molecule has 1 aromatic heterocycles. The maximum Gasteiger partial charge on any atom is 0.335 e. The second-order valence-electron chi connectivity index (χ2n) is 5.88. The van der Waals surface area contributed by atoms with Crippen LogP contribution in [0, 0.1) is 0 Å². The molecule has 0 spiro atoms. The number of rotatable bonds is 6. The molecule has 0 fully saturated rings. The van der Waals surface area contributed by atoms with E-state index in [1.165, 1.54) is 11.3 Å². The van der Waals surface area contributed by atoms with Crippen LogP contribution < -0.4 is 0 Å². The molecule has 0 aliphatic heterocycles. The molecule has 0 amide bonds. The third kappa shape index (κ3) is 4.37. The predicted octanol–water partition coefficient (Wildman–Crippen LogP) is 2.70. The van der Waals surface area contributed by atoms with Crippen LogP contribution in [-0.4, -0.2) is 33.1 Å². The van der Waals surface area contributed by atoms with E-state index in [1.807, 2.05) is 24.6 Å². The number of aromatic nitrogens is 1. The zero-order chi connectivity index (χ0) is 16.3. The molecule has 2 rings (SSSR count). The monoisotopic (exact) mass is 320 g/mol. The first-order valence-corrected chi connectivity index (χ1v) is 7.81. The first-order valence-electron chi connectivity index (χ1n) is 6.94. The Morgan fingerprint density at radius 3 is 2.41 bits per heavy atom. The van der Waals surface area contributed by atoms with E-state index in [4.69, 9.17) is 5.11 Å². The lowest BCUT2D eigenvalue weighted by Gasteiger charge is -2.16. The van der Waals surface area contributed by atoms with Crippen molar-refractivity contribution in [3.05, 3.63) is 51.5 Å². The van der Waals surface area contributed by atoms with Crippen LogP contribution in [0.25, 0.3) is 0 Å². The number of carboxylic acids is 1. The van der Waals surface area contributed by atoms with Gasteiger partial charge in [0, 0.05) is 18.5 Å². The van der Waals surface area contributed by atoms with E-state index in [0.717, 1.165) is 11.3 Å². The van der Waals surface area contributed by atoms with Gasteiger partial charge in [0.15, 0.2) is 0 Å². The summed E-state index contributed by atoms with van der Waals surface area (Å²) >= 11 is 1.46. The molecular weight excluding hydrogens is 300 g/mol. The highest BCUT2D eigenvalue weighted by atomic mass is 32.1. The lowest BCUT2D eigenvalue weighted by molar-refractivity contribution is 0.0696. The first kappa shape index (κ1) is 16.6. The summed E-state index contributed by atoms with van der Waals surface area (Å²) in [6.45, 7) is 4.83. The number of hydrogen-bond donors (Lipinski definition) is 2. The smallest absolute Gasteiger partial charge is 0.335 e. The number of carboxylic acid groups (broad SMARTS) is 1. The van der Waals surface area contributed by atoms with Crippen LogP contribution in [0.1, 0.15) is 40.5 Å². The minimum absolute atomic E-state index is 0.292. The quantitative estimate of drug-likeness (QED) is 0.856. The van der Waals surface area contributed by atoms with Gasteiger partial charge in [-0.15, -0.1) is 11.3 Å². The van der Waals surface area contributed by atoms with E-state index in [-0.39, 0.29) is 0 Å². The molecule has 1 aromatic carbocycles. The van der Waals surface area contributed by atoms with E-state index in [2.05, 4.69) is 9.88 Å². The fourth-order valence-electron chi connectivity index (χ4n) is 2.06. The van der Waals surface area contributed by atoms with E-state index in [0.29, 0.717) is 23.7 Å². The fourth-order valence-corrected chi connectivity index (χ4v) is 2.89. The summed E-state index contributed by atoms with van der Waals surface area (Å²) in [5.41, 5.74) is 1.35. The first-order chi connectivity index (χ1) is 10.3. The summed E-state index contributed by atoms with van der Waals surface area (Å²) in [5.74, 6) is -0.915. The molecule has 22 heavy (non-hydrogen) atoms. The summed E-state index contributed by atoms with van der Waals surface area (Å²) in [4.78, 5) is 17.4. The van der Waals surface area contributed by atoms with Gasteiger partial charge in [-0.25, -0.2) is 9.78 Å². The van der Waals surface area contributed by atoms with Gasteiger partial charge in [0.05, 0.1) is 11.3 Å². The highest BCUT2D eigenvalue weighted by molar-refractivity contribution is 7.09. The molecule has 0 saturated carbocycles. The number of aliphatic hydroxyl groups is 1. The van der Waals surface area contributed by atoms with E-state index < -0.39 is 11.6 Å². The lowest BCUT2D eigenvalue weighted by atomic mass is 10.1. The molecule has 2 N–H and O–H groups in total. The molecule has 0 bridgehead atoms. The molecule has 0 aliphatic rings. The zero-order valence-corrected chi connectivity index (χ0v) is 13.7. The zero-order valence-electron chi connectivity index (χ0n) is 12.9. The topological polar surface area (TPSA) is 73.7 Å². The third-order valence-corrected chi connectivity index (χ3v) is 4.36. The highest BCUT2D eigenvalue weighted by Crippen LogP contribution is 2.24. The Labute approximate surface area is 133 Å². The standard InChI is InChI=1S/C16H20N2O3S/c1-16(2,21)15-17-13(10-22-15)9-18(3)8-11-4-6-12(7-5-11)14(19)20/h4-7,10,21H,8-9H2,1-3H3,(H,19,20). The van der Waals surface area contributed by atoms with Crippen LogP contribution in [0.15, 0.2) is 29.6 Å². The maximum absolute atomic E-state index is 10.8. The molecule has 0 saturated heterocycles. The molecule has 0 radical (unpaired) electrons. The van der Waals surface area contributed by atoms with Gasteiger partial charge in [-0.05, 0) is 38.6 Å². The number of nitrogens with zero attached hydrogens (tertiary/aromatic N) is 2. The van der Waals surface area contributed by atoms with E-state index in [9.17, 15) is 9.90 Å². The summed E-state index contributed by atoms with van der Waals surface area (Å²) in [5, 5.41) is 21.5. The molecule has 0 aliphatic carbocycles. The Morgan fingerprint density at radius 1 is 1.27 bits per heavy atom. The van der Waals surface area contributed by atoms with Gasteiger partial charge in [-0.1, -0.05) is 12.1 Å². The van der Waals surface area contributed by atoms with Crippen LogP contribution in [0.2, 0.25) is 0 Å². The number of carbonyl (C=O) groups is 1. The van der Waals surface area contributed by atoms with Crippen molar-refractivity contribution >= 4 is 17.3 Å². The van der Waals surface area contributed by atoms with Crippen LogP contribution in [-0.2, 0) is 18.7 Å². The average molecular weight is 320 g/mol. The van der Waals surface area contributed by atoms with Crippen molar-refractivity contribution in [1.82, 2.24) is 9.88 Å². The number of hydrogen-bond acceptors (Lipinski definition) is 5. The van der Waals surface area contributed by atoms with Crippen LogP contribution in [0.4, 0.5) is 0 Å². The van der Waals surface area contributed by atoms with Crippen molar-refractivity contribution in [3.8, 4) is 0 Å². The lowest BCUT2D eigenvalue weighted by Crippen LogP contribution is -2.19. The predicted molar refractivity (Wildman–Crippen MR) is 85.9 cm³/mol. The largest absolute Gasteiger partial charge is 0.478 e. The second kappa shape index (κ2) is 6.56. The minimum Gasteiger partial charge on any atom is -0.478 e. The Morgan fingerprint density at radius 2 is 1.91 bits per heavy atom. The average Bonchev–Trinajstić information content (AvgIpc) is 2.87. The molecule has 6 heteroatoms. The molecule has 0 atom stereocenters. The highest BCUT2D eigenvalue weighted by Gasteiger charge is 2.20. The molecule has 118 valence electrons. The number of benzene rings is 1. The van der Waals surface area contributed by atoms with Crippen LogP contribution in [0.5, 0.6) is 0 Å². The Kier molecular flexibility index (Phi) is 4.95. The fraction of sp³-hybridized carbons (Fsp3) is 0.375. The molecular formula is C16H20N2O3S. The normalized spacial score (nSPS) is 11.9. The Bertz CT molecular complexity index is 644. The Hall–Kier alpha value is -1.76. The summed E-state index contributed by atoms with van der Waals surface area (Å²) in [7, 11) is 1.98. The van der Waals surface area contributed by atoms with Crippen LogP contribution in [0.3, 0.4) is 0 Å². The van der Waals surface area contributed by atoms with Crippen molar-refractivity contribution < 1.29 is 15.0 Å². The summed E-state index contributed by atoms with van der Waals surface area (Å²) < 4.78 is 0. The van der Waals surface area contributed by atoms with Crippen molar-refractivity contribution in [3.63, 3.8) is 0 Å². The summed E-state index contributed by atoms with van der Waals surface area (Å²) in [6, 6.07) is 6.87. The van der Waals surface area contributed by atoms with Crippen molar-refractivity contribution in [2.75, 3.05) is 7.05 Å². The minimum atomic E-state index is -0.915. The molecule has 0 unspecified atom stereocenters. The number of aromatic carboxylic acids is 1. The van der Waals surface area contributed by atoms with Gasteiger partial charge in [0.25, 0.3) is 0 Å². The van der Waals surface area contributed by atoms with Crippen LogP contribution >= 0.6 is 11.3 Å². The van der Waals surface area contributed by atoms with Crippen molar-refractivity contribution in [1.29, 1.82) is 0 Å². The maximum atomic E-state index is 10.8. The van der Waals surface area contributed by atoms with Gasteiger partial charge >= 0.3 is 5.97 Å². The molecule has 1 heterocycles. The molecule has 2 aromatic rings. The SMILES string of the molecule is CN(Cc1ccc(C(=O)O)cc1)Cc1csc(C(C)(C)O)n1. The Balaban J connectivity index is 1.96. The van der Waals surface area contributed by atoms with Gasteiger partial charge < -0.3 is 10.2 Å². The van der Waals surface area contributed by atoms with E-state index in [1.54, 1.807) is 26.0 Å². The van der Waals surface area contributed by atoms with Gasteiger partial charge in [0.1, 0.15) is 10.6 Å². The van der Waals surface area contributed by atoms with Crippen molar-refractivity contribution in [2.24, 2.45) is 0 Å². The second-order valence-corrected chi connectivity index (χ2v) is 6.74.